The maximum atomic E-state index is 11.4. The van der Waals surface area contributed by atoms with Crippen LogP contribution in [0.5, 0.6) is 0 Å². The summed E-state index contributed by atoms with van der Waals surface area (Å²) in [6.45, 7) is 1.71. The molecule has 9 heteroatoms. The second-order valence-electron chi connectivity index (χ2n) is 2.92. The Balaban J connectivity index is 0.000000293. The van der Waals surface area contributed by atoms with Crippen LogP contribution in [0.25, 0.3) is 0 Å². The first-order valence-corrected chi connectivity index (χ1v) is 6.18. The van der Waals surface area contributed by atoms with Gasteiger partial charge in [0, 0.05) is 41.4 Å². The van der Waals surface area contributed by atoms with Gasteiger partial charge in [-0.1, -0.05) is 0 Å². The third-order valence-corrected chi connectivity index (χ3v) is 4.12. The van der Waals surface area contributed by atoms with Crippen molar-refractivity contribution in [2.24, 2.45) is 4.36 Å². The van der Waals surface area contributed by atoms with Gasteiger partial charge < -0.3 is 10.4 Å². The van der Waals surface area contributed by atoms with Gasteiger partial charge in [0.05, 0.1) is 0 Å². The predicted molar refractivity (Wildman–Crippen MR) is 52.8 cm³/mol. The quantitative estimate of drug-likeness (QED) is 0.659. The van der Waals surface area contributed by atoms with Crippen LogP contribution in [0.1, 0.15) is 0 Å². The van der Waals surface area contributed by atoms with E-state index in [9.17, 15) is 17.4 Å². The molecule has 0 amide bonds. The van der Waals surface area contributed by atoms with Gasteiger partial charge in [-0.15, -0.1) is 0 Å². The minimum atomic E-state index is -5.08. The van der Waals surface area contributed by atoms with Gasteiger partial charge in [-0.3, -0.25) is 0 Å². The van der Waals surface area contributed by atoms with E-state index < -0.39 is 21.9 Å². The number of hydrogen-bond donors (Lipinski definition) is 2. The number of carbonyl (C=O) groups is 1. The van der Waals surface area contributed by atoms with Crippen LogP contribution in [0.2, 0.25) is 0 Å². The van der Waals surface area contributed by atoms with Gasteiger partial charge in [0.1, 0.15) is 0 Å². The van der Waals surface area contributed by atoms with Crippen molar-refractivity contribution in [1.29, 1.82) is 0 Å². The number of carboxylic acids is 1. The lowest BCUT2D eigenvalue weighted by Crippen LogP contribution is -2.35. The van der Waals surface area contributed by atoms with Crippen LogP contribution in [-0.2, 0) is 14.5 Å². The SMILES string of the molecule is CN=S1(=O)CCNCC1.O=C(O)C(F)(F)F. The van der Waals surface area contributed by atoms with E-state index in [2.05, 4.69) is 9.68 Å². The molecule has 0 unspecified atom stereocenters. The van der Waals surface area contributed by atoms with Crippen LogP contribution < -0.4 is 5.32 Å². The van der Waals surface area contributed by atoms with Crippen molar-refractivity contribution in [3.8, 4) is 0 Å². The Kier molecular flexibility index (Phi) is 5.73. The maximum absolute atomic E-state index is 11.4. The summed E-state index contributed by atoms with van der Waals surface area (Å²) in [7, 11) is -0.119. The Morgan fingerprint density at radius 3 is 1.94 bits per heavy atom. The Labute approximate surface area is 91.2 Å². The summed E-state index contributed by atoms with van der Waals surface area (Å²) in [5.74, 6) is -1.31. The molecule has 0 aromatic carbocycles. The molecule has 5 nitrogen and oxygen atoms in total. The fourth-order valence-electron chi connectivity index (χ4n) is 0.873. The molecule has 1 rings (SSSR count). The predicted octanol–water partition coefficient (Wildman–Crippen LogP) is 0.321. The van der Waals surface area contributed by atoms with E-state index in [1.807, 2.05) is 0 Å². The number of carboxylic acid groups (broad SMARTS) is 1. The van der Waals surface area contributed by atoms with Crippen LogP contribution >= 0.6 is 0 Å². The smallest absolute Gasteiger partial charge is 0.475 e. The van der Waals surface area contributed by atoms with Crippen molar-refractivity contribution < 1.29 is 27.3 Å². The molecule has 0 atom stereocenters. The molecule has 0 spiro atoms. The van der Waals surface area contributed by atoms with Crippen molar-refractivity contribution >= 4 is 15.7 Å². The number of aliphatic carboxylic acids is 1. The summed E-state index contributed by atoms with van der Waals surface area (Å²) in [4.78, 5) is 8.90. The standard InChI is InChI=1S/C5H12N2OS.C2HF3O2/c1-6-9(8)4-2-7-3-5-9;3-2(4,5)1(6)7/h7H,2-5H2,1H3;(H,6,7). The van der Waals surface area contributed by atoms with E-state index in [1.165, 1.54) is 0 Å². The highest BCUT2D eigenvalue weighted by molar-refractivity contribution is 7.93. The van der Waals surface area contributed by atoms with Gasteiger partial charge in [-0.05, 0) is 0 Å². The second kappa shape index (κ2) is 6.04. The molecular formula is C7H13F3N2O3S. The summed E-state index contributed by atoms with van der Waals surface area (Å²) in [6, 6.07) is 0. The Morgan fingerprint density at radius 1 is 1.38 bits per heavy atom. The Bertz CT molecular complexity index is 335. The van der Waals surface area contributed by atoms with Crippen molar-refractivity contribution in [1.82, 2.24) is 5.32 Å². The van der Waals surface area contributed by atoms with Gasteiger partial charge in [0.25, 0.3) is 0 Å². The van der Waals surface area contributed by atoms with Gasteiger partial charge in [-0.2, -0.15) is 13.2 Å². The first-order chi connectivity index (χ1) is 7.21. The number of nitrogens with one attached hydrogen (secondary N) is 1. The largest absolute Gasteiger partial charge is 0.490 e. The zero-order valence-corrected chi connectivity index (χ0v) is 9.40. The summed E-state index contributed by atoms with van der Waals surface area (Å²) < 4.78 is 47.0. The summed E-state index contributed by atoms with van der Waals surface area (Å²) >= 11 is 0. The van der Waals surface area contributed by atoms with E-state index in [0.29, 0.717) is 0 Å². The van der Waals surface area contributed by atoms with Crippen molar-refractivity contribution in [3.63, 3.8) is 0 Å². The Morgan fingerprint density at radius 2 is 1.75 bits per heavy atom. The molecule has 1 heterocycles. The monoisotopic (exact) mass is 262 g/mol. The van der Waals surface area contributed by atoms with Crippen LogP contribution in [0, 0.1) is 0 Å². The van der Waals surface area contributed by atoms with Crippen molar-refractivity contribution in [3.05, 3.63) is 0 Å². The number of alkyl halides is 3. The number of nitrogens with zero attached hydrogens (tertiary/aromatic N) is 1. The highest BCUT2D eigenvalue weighted by Gasteiger charge is 2.38. The van der Waals surface area contributed by atoms with E-state index in [-0.39, 0.29) is 0 Å². The lowest BCUT2D eigenvalue weighted by atomic mass is 10.6. The molecule has 1 aliphatic rings. The molecule has 0 saturated carbocycles. The van der Waals surface area contributed by atoms with Gasteiger partial charge >= 0.3 is 12.1 Å². The normalized spacial score (nSPS) is 19.2. The maximum Gasteiger partial charge on any atom is 0.490 e. The molecular weight excluding hydrogens is 249 g/mol. The molecule has 1 fully saturated rings. The summed E-state index contributed by atoms with van der Waals surface area (Å²) in [6.07, 6.45) is -5.08. The van der Waals surface area contributed by atoms with E-state index in [0.717, 1.165) is 24.6 Å². The van der Waals surface area contributed by atoms with Crippen LogP contribution in [0.4, 0.5) is 13.2 Å². The Hall–Kier alpha value is -0.830. The molecule has 0 aromatic heterocycles. The van der Waals surface area contributed by atoms with Crippen LogP contribution in [0.15, 0.2) is 4.36 Å². The minimum Gasteiger partial charge on any atom is -0.475 e. The van der Waals surface area contributed by atoms with Gasteiger partial charge in [0.15, 0.2) is 0 Å². The van der Waals surface area contributed by atoms with Gasteiger partial charge in [-0.25, -0.2) is 13.4 Å². The van der Waals surface area contributed by atoms with E-state index in [4.69, 9.17) is 9.90 Å². The molecule has 96 valence electrons. The summed E-state index contributed by atoms with van der Waals surface area (Å²) in [5, 5.41) is 10.3. The van der Waals surface area contributed by atoms with Crippen LogP contribution in [-0.4, -0.2) is 53.1 Å². The molecule has 1 aliphatic heterocycles. The third-order valence-electron chi connectivity index (χ3n) is 1.77. The fourth-order valence-corrected chi connectivity index (χ4v) is 2.37. The zero-order valence-electron chi connectivity index (χ0n) is 8.58. The van der Waals surface area contributed by atoms with Gasteiger partial charge in [0.2, 0.25) is 0 Å². The highest BCUT2D eigenvalue weighted by atomic mass is 32.2. The molecule has 0 aromatic rings. The average Bonchev–Trinajstić information content (AvgIpc) is 2.18. The van der Waals surface area contributed by atoms with Crippen molar-refractivity contribution in [2.75, 3.05) is 31.6 Å². The van der Waals surface area contributed by atoms with E-state index >= 15 is 0 Å². The van der Waals surface area contributed by atoms with E-state index in [1.54, 1.807) is 7.05 Å². The summed E-state index contributed by atoms with van der Waals surface area (Å²) in [5.41, 5.74) is 0. The zero-order chi connectivity index (χ0) is 12.8. The topological polar surface area (TPSA) is 78.8 Å². The van der Waals surface area contributed by atoms with Crippen LogP contribution in [0.3, 0.4) is 0 Å². The third kappa shape index (κ3) is 5.91. The molecule has 1 saturated heterocycles. The molecule has 0 bridgehead atoms. The lowest BCUT2D eigenvalue weighted by molar-refractivity contribution is -0.192. The molecule has 0 aliphatic carbocycles. The second-order valence-corrected chi connectivity index (χ2v) is 5.64. The molecule has 2 N–H and O–H groups in total. The fraction of sp³-hybridized carbons (Fsp3) is 0.857. The highest BCUT2D eigenvalue weighted by Crippen LogP contribution is 2.13. The first kappa shape index (κ1) is 15.2. The van der Waals surface area contributed by atoms with Crippen molar-refractivity contribution in [2.45, 2.75) is 6.18 Å². The molecule has 0 radical (unpaired) electrons. The number of hydrogen-bond acceptors (Lipinski definition) is 4. The lowest BCUT2D eigenvalue weighted by Gasteiger charge is -2.15. The first-order valence-electron chi connectivity index (χ1n) is 4.33. The number of halogens is 3. The molecule has 16 heavy (non-hydrogen) atoms. The average molecular weight is 262 g/mol. The number of rotatable bonds is 0. The minimum absolute atomic E-state index is 0.726.